The quantitative estimate of drug-likeness (QED) is 0.190. The number of ether oxygens (including phenoxy) is 1. The van der Waals surface area contributed by atoms with Crippen LogP contribution in [0.3, 0.4) is 0 Å². The van der Waals surface area contributed by atoms with Gasteiger partial charge >= 0.3 is 5.97 Å². The molecule has 43 heavy (non-hydrogen) atoms. The van der Waals surface area contributed by atoms with Crippen LogP contribution in [0.5, 0.6) is 0 Å². The van der Waals surface area contributed by atoms with Gasteiger partial charge in [-0.15, -0.1) is 0 Å². The van der Waals surface area contributed by atoms with Gasteiger partial charge in [-0.1, -0.05) is 42.5 Å². The lowest BCUT2D eigenvalue weighted by Crippen LogP contribution is -2.28. The smallest absolute Gasteiger partial charge is 0.308 e. The first kappa shape index (κ1) is 31.5. The summed E-state index contributed by atoms with van der Waals surface area (Å²) in [5.74, 6) is -0.808. The van der Waals surface area contributed by atoms with Gasteiger partial charge in [0.25, 0.3) is 5.91 Å². The summed E-state index contributed by atoms with van der Waals surface area (Å²) < 4.78 is 20.6. The van der Waals surface area contributed by atoms with Crippen molar-refractivity contribution in [2.24, 2.45) is 0 Å². The summed E-state index contributed by atoms with van der Waals surface area (Å²) in [4.78, 5) is 34.0. The van der Waals surface area contributed by atoms with Crippen molar-refractivity contribution in [1.82, 2.24) is 19.9 Å². The number of hydrogen-bond donors (Lipinski definition) is 3. The number of nitrogens with zero attached hydrogens (tertiary/aromatic N) is 3. The minimum atomic E-state index is -1.06. The van der Waals surface area contributed by atoms with Gasteiger partial charge in [-0.05, 0) is 62.4 Å². The van der Waals surface area contributed by atoms with Gasteiger partial charge in [0.05, 0.1) is 32.3 Å². The fraction of sp³-hybridized carbons (Fsp3) is 0.333. The summed E-state index contributed by atoms with van der Waals surface area (Å²) in [5, 5.41) is 24.1. The van der Waals surface area contributed by atoms with Crippen molar-refractivity contribution in [3.05, 3.63) is 96.1 Å². The van der Waals surface area contributed by atoms with Crippen molar-refractivity contribution in [1.29, 1.82) is 0 Å². The van der Waals surface area contributed by atoms with Crippen molar-refractivity contribution in [2.45, 2.75) is 64.3 Å². The number of hydrogen-bond acceptors (Lipinski definition) is 7. The average molecular weight is 589 g/mol. The summed E-state index contributed by atoms with van der Waals surface area (Å²) in [7, 11) is 1.24. The number of carbonyl (C=O) groups is 2. The van der Waals surface area contributed by atoms with Crippen molar-refractivity contribution in [3.63, 3.8) is 0 Å². The molecule has 2 aromatic carbocycles. The molecule has 0 fully saturated rings. The molecule has 4 aromatic rings. The molecule has 10 heteroatoms. The fourth-order valence-electron chi connectivity index (χ4n) is 5.25. The maximum atomic E-state index is 14.0. The lowest BCUT2D eigenvalue weighted by atomic mass is 9.92. The minimum Gasteiger partial charge on any atom is -0.469 e. The normalized spacial score (nSPS) is 12.6. The van der Waals surface area contributed by atoms with E-state index in [2.05, 4.69) is 20.0 Å². The lowest BCUT2D eigenvalue weighted by molar-refractivity contribution is -0.143. The third-order valence-corrected chi connectivity index (χ3v) is 7.15. The molecule has 0 saturated heterocycles. The van der Waals surface area contributed by atoms with E-state index < -0.39 is 18.2 Å². The van der Waals surface area contributed by atoms with Crippen LogP contribution in [-0.2, 0) is 22.5 Å². The summed E-state index contributed by atoms with van der Waals surface area (Å²) in [6, 6.07) is 17.2. The Labute approximate surface area is 250 Å². The van der Waals surface area contributed by atoms with Gasteiger partial charge in [-0.2, -0.15) is 0 Å². The van der Waals surface area contributed by atoms with Crippen LogP contribution >= 0.6 is 0 Å². The van der Waals surface area contributed by atoms with Crippen molar-refractivity contribution in [3.8, 4) is 22.3 Å². The molecule has 1 amide bonds. The molecule has 0 spiro atoms. The molecular weight excluding hydrogens is 551 g/mol. The molecule has 4 rings (SSSR count). The Kier molecular flexibility index (Phi) is 10.7. The second kappa shape index (κ2) is 14.7. The van der Waals surface area contributed by atoms with Crippen molar-refractivity contribution >= 4 is 11.9 Å². The Bertz CT molecular complexity index is 1510. The highest BCUT2D eigenvalue weighted by molar-refractivity contribution is 6.05. The molecule has 0 bridgehead atoms. The zero-order valence-electron chi connectivity index (χ0n) is 24.5. The first-order valence-electron chi connectivity index (χ1n) is 14.2. The zero-order chi connectivity index (χ0) is 30.9. The molecule has 226 valence electrons. The maximum Gasteiger partial charge on any atom is 0.308 e. The van der Waals surface area contributed by atoms with E-state index in [9.17, 15) is 24.2 Å². The third kappa shape index (κ3) is 7.91. The summed E-state index contributed by atoms with van der Waals surface area (Å²) in [6.45, 7) is 4.07. The van der Waals surface area contributed by atoms with E-state index >= 15 is 0 Å². The van der Waals surface area contributed by atoms with Crippen molar-refractivity contribution in [2.75, 3.05) is 7.11 Å². The van der Waals surface area contributed by atoms with E-state index in [1.165, 1.54) is 19.2 Å². The number of carbonyl (C=O) groups excluding carboxylic acids is 2. The number of aromatic nitrogens is 3. The molecule has 0 aliphatic rings. The van der Waals surface area contributed by atoms with E-state index in [1.807, 2.05) is 48.7 Å². The first-order chi connectivity index (χ1) is 20.7. The van der Waals surface area contributed by atoms with Crippen LogP contribution in [0.2, 0.25) is 0 Å². The Morgan fingerprint density at radius 3 is 2.21 bits per heavy atom. The van der Waals surface area contributed by atoms with Crippen LogP contribution in [0.15, 0.2) is 73.1 Å². The van der Waals surface area contributed by atoms with Crippen LogP contribution in [0, 0.1) is 5.82 Å². The number of aliphatic hydroxyl groups is 2. The maximum absolute atomic E-state index is 14.0. The molecule has 9 nitrogen and oxygen atoms in total. The average Bonchev–Trinajstić information content (AvgIpc) is 3.35. The molecule has 3 N–H and O–H groups in total. The second-order valence-corrected chi connectivity index (χ2v) is 10.6. The van der Waals surface area contributed by atoms with Gasteiger partial charge in [-0.25, -0.2) is 14.4 Å². The Hall–Kier alpha value is -4.41. The number of nitrogens with one attached hydrogen (secondary N) is 1. The highest BCUT2D eigenvalue weighted by Gasteiger charge is 2.30. The number of rotatable bonds is 13. The predicted molar refractivity (Wildman–Crippen MR) is 160 cm³/mol. The number of methoxy groups -OCH3 is 1. The van der Waals surface area contributed by atoms with Crippen LogP contribution in [-0.4, -0.2) is 55.9 Å². The fourth-order valence-corrected chi connectivity index (χ4v) is 5.25. The number of halogens is 1. The van der Waals surface area contributed by atoms with Crippen LogP contribution in [0.25, 0.3) is 22.3 Å². The van der Waals surface area contributed by atoms with Crippen LogP contribution in [0.1, 0.15) is 61.2 Å². The lowest BCUT2D eigenvalue weighted by Gasteiger charge is -2.20. The summed E-state index contributed by atoms with van der Waals surface area (Å²) in [5.41, 5.74) is 4.16. The van der Waals surface area contributed by atoms with E-state index in [0.29, 0.717) is 23.5 Å². The van der Waals surface area contributed by atoms with Crippen LogP contribution in [0.4, 0.5) is 4.39 Å². The molecule has 2 atom stereocenters. The molecule has 0 saturated carbocycles. The summed E-state index contributed by atoms with van der Waals surface area (Å²) in [6.07, 6.45) is 1.59. The number of aliphatic hydroxyl groups excluding tert-OH is 2. The van der Waals surface area contributed by atoms with Gasteiger partial charge in [0.15, 0.2) is 0 Å². The van der Waals surface area contributed by atoms with Gasteiger partial charge in [0.2, 0.25) is 0 Å². The van der Waals surface area contributed by atoms with E-state index in [0.717, 1.165) is 22.4 Å². The molecular formula is C33H37FN4O5. The van der Waals surface area contributed by atoms with E-state index in [-0.39, 0.29) is 43.6 Å². The second-order valence-electron chi connectivity index (χ2n) is 10.6. The minimum absolute atomic E-state index is 0.0146. The summed E-state index contributed by atoms with van der Waals surface area (Å²) >= 11 is 0. The van der Waals surface area contributed by atoms with Gasteiger partial charge < -0.3 is 24.8 Å². The molecule has 0 aliphatic carbocycles. The molecule has 0 radical (unpaired) electrons. The van der Waals surface area contributed by atoms with E-state index in [1.54, 1.807) is 30.6 Å². The van der Waals surface area contributed by atoms with Gasteiger partial charge in [-0.3, -0.25) is 9.59 Å². The molecule has 0 aliphatic heterocycles. The predicted octanol–water partition coefficient (Wildman–Crippen LogP) is 4.87. The van der Waals surface area contributed by atoms with Crippen LogP contribution < -0.4 is 5.32 Å². The Morgan fingerprint density at radius 1 is 0.930 bits per heavy atom. The highest BCUT2D eigenvalue weighted by Crippen LogP contribution is 2.42. The standard InChI is InChI=1S/C33H37FN4O5/c1-21(2)38-27(15-14-25(39)18-26(40)19-29(41)43-3)30(23-10-12-24(34)13-11-23)31(22-8-5-4-6-9-22)32(38)33(42)37-20-28-35-16-7-17-36-28/h4-13,16-17,21,25-26,39-40H,14-15,18-20H2,1-3H3,(H,37,42)/t25-,26-/m1/s1. The molecule has 2 aromatic heterocycles. The Balaban J connectivity index is 1.82. The SMILES string of the molecule is COC(=O)C[C@H](O)C[C@H](O)CCc1c(-c2ccc(F)cc2)c(-c2ccccc2)c(C(=O)NCc2ncccn2)n1C(C)C. The number of amides is 1. The largest absolute Gasteiger partial charge is 0.469 e. The van der Waals surface area contributed by atoms with E-state index in [4.69, 9.17) is 0 Å². The molecule has 0 unspecified atom stereocenters. The van der Waals surface area contributed by atoms with Gasteiger partial charge in [0, 0.05) is 35.3 Å². The number of esters is 1. The Morgan fingerprint density at radius 2 is 1.58 bits per heavy atom. The van der Waals surface area contributed by atoms with Gasteiger partial charge in [0.1, 0.15) is 17.3 Å². The number of benzene rings is 2. The monoisotopic (exact) mass is 588 g/mol. The third-order valence-electron chi connectivity index (χ3n) is 7.15. The topological polar surface area (TPSA) is 127 Å². The van der Waals surface area contributed by atoms with Crippen molar-refractivity contribution < 1.29 is 28.9 Å². The first-order valence-corrected chi connectivity index (χ1v) is 14.2. The highest BCUT2D eigenvalue weighted by atomic mass is 19.1. The zero-order valence-corrected chi connectivity index (χ0v) is 24.5. The molecule has 2 heterocycles.